The zero-order valence-corrected chi connectivity index (χ0v) is 43.5. The first kappa shape index (κ1) is 54.7. The molecule has 0 atom stereocenters. The second-order valence-electron chi connectivity index (χ2n) is 17.8. The molecule has 0 radical (unpaired) electrons. The minimum atomic E-state index is -0.741. The maximum absolute atomic E-state index is 13.3. The van der Waals surface area contributed by atoms with Crippen molar-refractivity contribution < 1.29 is 76.1 Å². The van der Waals surface area contributed by atoms with Gasteiger partial charge in [0.2, 0.25) is 0 Å². The lowest BCUT2D eigenvalue weighted by Crippen LogP contribution is -2.20. The van der Waals surface area contributed by atoms with E-state index in [4.69, 9.17) is 52.1 Å². The molecule has 16 nitrogen and oxygen atoms in total. The number of hydrogen-bond donors (Lipinski definition) is 0. The molecule has 0 aromatic heterocycles. The van der Waals surface area contributed by atoms with Gasteiger partial charge in [-0.15, -0.1) is 0 Å². The number of fused-ring (bicyclic) bond motifs is 6. The molecule has 0 bridgehead atoms. The lowest BCUT2D eigenvalue weighted by Gasteiger charge is -2.20. The van der Waals surface area contributed by atoms with Crippen molar-refractivity contribution in [3.8, 4) is 63.2 Å². The first-order chi connectivity index (χ1) is 39.1. The molecule has 0 aliphatic heterocycles. The summed E-state index contributed by atoms with van der Waals surface area (Å²) in [7, 11) is 0. The third kappa shape index (κ3) is 15.1. The second-order valence-corrected chi connectivity index (χ2v) is 17.8. The number of ether oxygens (including phenoxy) is 11. The molecule has 0 N–H and O–H groups in total. The van der Waals surface area contributed by atoms with E-state index in [-0.39, 0.29) is 34.5 Å². The van der Waals surface area contributed by atoms with Gasteiger partial charge >= 0.3 is 29.8 Å². The Morgan fingerprint density at radius 2 is 0.487 bits per heavy atom. The number of para-hydroxylation sites is 5. The van der Waals surface area contributed by atoms with Crippen LogP contribution < -0.4 is 52.1 Å². The Kier molecular flexibility index (Phi) is 18.7. The van der Waals surface area contributed by atoms with Gasteiger partial charge in [0.25, 0.3) is 0 Å². The summed E-state index contributed by atoms with van der Waals surface area (Å²) < 4.78 is 65.4. The Bertz CT molecular complexity index is 3480. The van der Waals surface area contributed by atoms with Gasteiger partial charge < -0.3 is 52.1 Å². The average molecular weight is 1080 g/mol. The van der Waals surface area contributed by atoms with Gasteiger partial charge in [0.15, 0.2) is 67.5 Å². The highest BCUT2D eigenvalue weighted by Crippen LogP contribution is 2.47. The van der Waals surface area contributed by atoms with Crippen LogP contribution in [-0.2, 0) is 24.0 Å². The number of carbonyl (C=O) groups is 5. The van der Waals surface area contributed by atoms with E-state index >= 15 is 0 Å². The van der Waals surface area contributed by atoms with Gasteiger partial charge in [0.05, 0.1) is 6.61 Å². The summed E-state index contributed by atoms with van der Waals surface area (Å²) in [5.74, 6) is -1.52. The van der Waals surface area contributed by atoms with Crippen molar-refractivity contribution in [2.75, 3.05) is 39.6 Å². The van der Waals surface area contributed by atoms with Crippen molar-refractivity contribution >= 4 is 62.2 Å². The molecule has 80 heavy (non-hydrogen) atoms. The second kappa shape index (κ2) is 27.3. The summed E-state index contributed by atoms with van der Waals surface area (Å²) in [6.07, 6.45) is 3.63. The van der Waals surface area contributed by atoms with Crippen molar-refractivity contribution in [3.63, 3.8) is 0 Å². The Balaban J connectivity index is 1.19. The van der Waals surface area contributed by atoms with Crippen molar-refractivity contribution in [2.24, 2.45) is 0 Å². The van der Waals surface area contributed by atoms with Gasteiger partial charge in [0, 0.05) is 0 Å². The van der Waals surface area contributed by atoms with Gasteiger partial charge in [-0.2, -0.15) is 0 Å². The summed E-state index contributed by atoms with van der Waals surface area (Å²) in [4.78, 5) is 66.7. The third-order valence-corrected chi connectivity index (χ3v) is 12.0. The highest BCUT2D eigenvalue weighted by atomic mass is 16.6. The molecular formula is C64H54O16. The molecule has 0 fully saturated rings. The molecule has 16 heteroatoms. The van der Waals surface area contributed by atoms with Crippen LogP contribution >= 0.6 is 0 Å². The fourth-order valence-corrected chi connectivity index (χ4v) is 8.34. The van der Waals surface area contributed by atoms with Gasteiger partial charge in [-0.05, 0) is 136 Å². The SMILES string of the molecule is CCCCCCOc1cc2c(cc1OCC(=O)Oc1ccccc1)c1cc(OCC(=O)Oc3ccccc3)c(OCC(=O)Oc3ccccc3)cc1c1cc(OCC(=O)Oc3ccccc3)c(OCC(=O)Oc3ccccc3)cc21. The predicted octanol–water partition coefficient (Wildman–Crippen LogP) is 12.0. The summed E-state index contributed by atoms with van der Waals surface area (Å²) >= 11 is 0. The van der Waals surface area contributed by atoms with Gasteiger partial charge in [-0.1, -0.05) is 117 Å². The zero-order valence-electron chi connectivity index (χ0n) is 43.5. The van der Waals surface area contributed by atoms with Crippen molar-refractivity contribution in [1.82, 2.24) is 0 Å². The molecule has 0 aliphatic carbocycles. The molecular weight excluding hydrogens is 1020 g/mol. The Hall–Kier alpha value is -10.1. The molecule has 9 rings (SSSR count). The van der Waals surface area contributed by atoms with Crippen LogP contribution in [0.4, 0.5) is 0 Å². The van der Waals surface area contributed by atoms with Crippen LogP contribution in [0.15, 0.2) is 188 Å². The molecule has 0 spiro atoms. The maximum atomic E-state index is 13.3. The molecule has 9 aromatic rings. The molecule has 406 valence electrons. The first-order valence-electron chi connectivity index (χ1n) is 25.8. The standard InChI is InChI=1S/C64H54O16/c1-2-3-4-20-31-70-54-32-48-49(33-55(54)71-38-60(65)76-43-21-10-5-11-22-43)51-35-57(73-40-62(67)78-45-25-14-7-15-26-45)59(75-42-64(69)80-47-29-18-9-19-30-47)37-53(51)52-36-58(74-41-63(68)79-46-27-16-8-17-28-46)56(34-50(48)52)72-39-61(66)77-44-23-12-6-13-24-44/h5-19,21-30,32-37H,2-4,20,31,38-42H2,1H3. The van der Waals surface area contributed by atoms with Crippen molar-refractivity contribution in [3.05, 3.63) is 188 Å². The Morgan fingerprint density at radius 1 is 0.275 bits per heavy atom. The van der Waals surface area contributed by atoms with Crippen LogP contribution in [0.3, 0.4) is 0 Å². The molecule has 0 unspecified atom stereocenters. The van der Waals surface area contributed by atoms with E-state index < -0.39 is 62.9 Å². The maximum Gasteiger partial charge on any atom is 0.349 e. The van der Waals surface area contributed by atoms with E-state index in [2.05, 4.69) is 6.92 Å². The van der Waals surface area contributed by atoms with E-state index in [0.29, 0.717) is 67.7 Å². The number of hydrogen-bond acceptors (Lipinski definition) is 16. The minimum Gasteiger partial charge on any atom is -0.490 e. The van der Waals surface area contributed by atoms with Crippen LogP contribution in [0.25, 0.3) is 32.3 Å². The summed E-state index contributed by atoms with van der Waals surface area (Å²) in [5.41, 5.74) is 0. The van der Waals surface area contributed by atoms with Crippen LogP contribution in [0.2, 0.25) is 0 Å². The summed E-state index contributed by atoms with van der Waals surface area (Å²) in [6, 6.07) is 52.5. The molecule has 0 saturated heterocycles. The first-order valence-corrected chi connectivity index (χ1v) is 25.8. The monoisotopic (exact) mass is 1080 g/mol. The van der Waals surface area contributed by atoms with E-state index in [1.807, 2.05) is 0 Å². The van der Waals surface area contributed by atoms with E-state index in [1.165, 1.54) is 0 Å². The highest BCUT2D eigenvalue weighted by molar-refractivity contribution is 6.27. The number of unbranched alkanes of at least 4 members (excludes halogenated alkanes) is 3. The molecule has 0 heterocycles. The van der Waals surface area contributed by atoms with Gasteiger partial charge in [-0.3, -0.25) is 0 Å². The third-order valence-electron chi connectivity index (χ3n) is 12.0. The molecule has 9 aromatic carbocycles. The van der Waals surface area contributed by atoms with Crippen molar-refractivity contribution in [1.29, 1.82) is 0 Å². The number of carbonyl (C=O) groups excluding carboxylic acids is 5. The average Bonchev–Trinajstić information content (AvgIpc) is 3.57. The number of benzene rings is 9. The van der Waals surface area contributed by atoms with Crippen LogP contribution in [-0.4, -0.2) is 69.5 Å². The van der Waals surface area contributed by atoms with Crippen LogP contribution in [0.5, 0.6) is 63.2 Å². The number of esters is 5. The lowest BCUT2D eigenvalue weighted by atomic mass is 9.93. The quantitative estimate of drug-likeness (QED) is 0.0215. The van der Waals surface area contributed by atoms with E-state index in [0.717, 1.165) is 25.7 Å². The smallest absolute Gasteiger partial charge is 0.349 e. The number of rotatable bonds is 26. The van der Waals surface area contributed by atoms with Gasteiger partial charge in [-0.25, -0.2) is 24.0 Å². The van der Waals surface area contributed by atoms with E-state index in [1.54, 1.807) is 188 Å². The zero-order chi connectivity index (χ0) is 55.5. The van der Waals surface area contributed by atoms with Crippen molar-refractivity contribution in [2.45, 2.75) is 32.6 Å². The lowest BCUT2D eigenvalue weighted by molar-refractivity contribution is -0.138. The minimum absolute atomic E-state index is 0.0146. The Labute approximate surface area is 460 Å². The molecule has 0 amide bonds. The highest BCUT2D eigenvalue weighted by Gasteiger charge is 2.24. The molecule has 0 aliphatic rings. The van der Waals surface area contributed by atoms with Crippen LogP contribution in [0, 0.1) is 0 Å². The topological polar surface area (TPSA) is 187 Å². The van der Waals surface area contributed by atoms with Crippen LogP contribution in [0.1, 0.15) is 32.6 Å². The Morgan fingerprint density at radius 3 is 0.700 bits per heavy atom. The fourth-order valence-electron chi connectivity index (χ4n) is 8.34. The largest absolute Gasteiger partial charge is 0.490 e. The molecule has 0 saturated carbocycles. The summed E-state index contributed by atoms with van der Waals surface area (Å²) in [5, 5.41) is 3.01. The summed E-state index contributed by atoms with van der Waals surface area (Å²) in [6.45, 7) is -0.436. The predicted molar refractivity (Wildman–Crippen MR) is 296 cm³/mol. The normalized spacial score (nSPS) is 10.8. The van der Waals surface area contributed by atoms with Gasteiger partial charge in [0.1, 0.15) is 28.7 Å². The fraction of sp³-hybridized carbons (Fsp3) is 0.172. The van der Waals surface area contributed by atoms with E-state index in [9.17, 15) is 24.0 Å².